The Kier molecular flexibility index (Phi) is 5.01. The van der Waals surface area contributed by atoms with Crippen LogP contribution in [0.4, 0.5) is 5.69 Å². The topological polar surface area (TPSA) is 77.1 Å². The Balaban J connectivity index is 1.52. The van der Waals surface area contributed by atoms with Crippen LogP contribution in [0.5, 0.6) is 5.75 Å². The summed E-state index contributed by atoms with van der Waals surface area (Å²) in [7, 11) is 0. The minimum atomic E-state index is -0.636. The molecule has 130 valence electrons. The van der Waals surface area contributed by atoms with E-state index in [0.717, 1.165) is 5.75 Å². The molecule has 0 aromatic heterocycles. The molecule has 7 heteroatoms. The van der Waals surface area contributed by atoms with Crippen molar-refractivity contribution < 1.29 is 23.8 Å². The normalized spacial score (nSPS) is 19.3. The van der Waals surface area contributed by atoms with E-state index < -0.39 is 17.6 Å². The zero-order valence-corrected chi connectivity index (χ0v) is 13.7. The van der Waals surface area contributed by atoms with Crippen LogP contribution in [0.2, 0.25) is 0 Å². The number of ether oxygens (including phenoxy) is 3. The van der Waals surface area contributed by atoms with Gasteiger partial charge in [-0.15, -0.1) is 0 Å². The van der Waals surface area contributed by atoms with Crippen LogP contribution in [0, 0.1) is 0 Å². The number of hydrogen-bond acceptors (Lipinski definition) is 5. The molecule has 2 heterocycles. The summed E-state index contributed by atoms with van der Waals surface area (Å²) in [4.78, 5) is 26.0. The molecule has 0 saturated carbocycles. The van der Waals surface area contributed by atoms with Crippen LogP contribution < -0.4 is 10.1 Å². The molecule has 1 spiro atoms. The van der Waals surface area contributed by atoms with Gasteiger partial charge in [0.05, 0.1) is 19.8 Å². The number of hydrogen-bond donors (Lipinski definition) is 1. The predicted octanol–water partition coefficient (Wildman–Crippen LogP) is 1.39. The molecule has 2 amide bonds. The molecular formula is C17H22N2O5. The smallest absolute Gasteiger partial charge is 0.313 e. The highest BCUT2D eigenvalue weighted by Gasteiger charge is 2.41. The zero-order chi connectivity index (χ0) is 17.0. The Morgan fingerprint density at radius 2 is 1.79 bits per heavy atom. The highest BCUT2D eigenvalue weighted by atomic mass is 16.7. The number of carbonyl (C=O) groups excluding carboxylic acids is 2. The van der Waals surface area contributed by atoms with Crippen LogP contribution in [0.3, 0.4) is 0 Å². The lowest BCUT2D eigenvalue weighted by atomic mass is 10.0. The molecule has 0 aliphatic carbocycles. The molecule has 0 radical (unpaired) electrons. The number of rotatable bonds is 3. The first kappa shape index (κ1) is 16.7. The van der Waals surface area contributed by atoms with E-state index in [0.29, 0.717) is 51.4 Å². The zero-order valence-electron chi connectivity index (χ0n) is 13.7. The van der Waals surface area contributed by atoms with Crippen molar-refractivity contribution in [3.8, 4) is 5.75 Å². The molecule has 2 fully saturated rings. The van der Waals surface area contributed by atoms with Gasteiger partial charge < -0.3 is 24.4 Å². The largest absolute Gasteiger partial charge is 0.494 e. The fourth-order valence-corrected chi connectivity index (χ4v) is 2.97. The Morgan fingerprint density at radius 3 is 2.38 bits per heavy atom. The van der Waals surface area contributed by atoms with Gasteiger partial charge in [-0.1, -0.05) is 0 Å². The maximum absolute atomic E-state index is 12.3. The number of likely N-dealkylation sites (tertiary alicyclic amines) is 1. The van der Waals surface area contributed by atoms with E-state index in [4.69, 9.17) is 14.2 Å². The first-order valence-electron chi connectivity index (χ1n) is 8.23. The Morgan fingerprint density at radius 1 is 1.17 bits per heavy atom. The second-order valence-corrected chi connectivity index (χ2v) is 5.81. The quantitative estimate of drug-likeness (QED) is 0.845. The van der Waals surface area contributed by atoms with Crippen LogP contribution in [0.25, 0.3) is 0 Å². The van der Waals surface area contributed by atoms with E-state index in [2.05, 4.69) is 5.32 Å². The fraction of sp³-hybridized carbons (Fsp3) is 0.529. The number of nitrogens with one attached hydrogen (secondary N) is 1. The summed E-state index contributed by atoms with van der Waals surface area (Å²) in [6.07, 6.45) is 1.18. The highest BCUT2D eigenvalue weighted by Crippen LogP contribution is 2.31. The standard InChI is InChI=1S/C17H22N2O5/c1-2-22-14-5-3-13(4-6-14)18-15(20)16(21)19-9-7-17(8-10-19)23-11-12-24-17/h3-6H,2,7-12H2,1H3,(H,18,20). The number of nitrogens with zero attached hydrogens (tertiary/aromatic N) is 1. The van der Waals surface area contributed by atoms with E-state index in [1.54, 1.807) is 29.2 Å². The van der Waals surface area contributed by atoms with E-state index in [1.807, 2.05) is 6.92 Å². The average Bonchev–Trinajstić information content (AvgIpc) is 3.05. The third-order valence-corrected chi connectivity index (χ3v) is 4.24. The van der Waals surface area contributed by atoms with Crippen LogP contribution in [-0.2, 0) is 19.1 Å². The Hall–Kier alpha value is -2.12. The van der Waals surface area contributed by atoms with E-state index in [9.17, 15) is 9.59 Å². The molecule has 1 aromatic rings. The Bertz CT molecular complexity index is 586. The van der Waals surface area contributed by atoms with Gasteiger partial charge in [-0.3, -0.25) is 9.59 Å². The monoisotopic (exact) mass is 334 g/mol. The molecule has 0 unspecified atom stereocenters. The molecule has 1 N–H and O–H groups in total. The van der Waals surface area contributed by atoms with Crippen LogP contribution >= 0.6 is 0 Å². The molecule has 2 aliphatic rings. The van der Waals surface area contributed by atoms with Gasteiger partial charge in [0.1, 0.15) is 5.75 Å². The van der Waals surface area contributed by atoms with E-state index in [1.165, 1.54) is 0 Å². The van der Waals surface area contributed by atoms with Crippen molar-refractivity contribution in [2.75, 3.05) is 38.2 Å². The summed E-state index contributed by atoms with van der Waals surface area (Å²) in [6, 6.07) is 6.93. The number of anilines is 1. The maximum Gasteiger partial charge on any atom is 0.313 e. The summed E-state index contributed by atoms with van der Waals surface area (Å²) in [5.74, 6) is -0.998. The molecule has 2 saturated heterocycles. The summed E-state index contributed by atoms with van der Waals surface area (Å²) in [5.41, 5.74) is 0.563. The van der Waals surface area contributed by atoms with Gasteiger partial charge in [-0.2, -0.15) is 0 Å². The Labute approximate surface area is 140 Å². The van der Waals surface area contributed by atoms with Gasteiger partial charge in [-0.05, 0) is 31.2 Å². The molecule has 2 aliphatic heterocycles. The van der Waals surface area contributed by atoms with Crippen molar-refractivity contribution in [2.24, 2.45) is 0 Å². The van der Waals surface area contributed by atoms with Crippen molar-refractivity contribution in [1.29, 1.82) is 0 Å². The average molecular weight is 334 g/mol. The fourth-order valence-electron chi connectivity index (χ4n) is 2.97. The maximum atomic E-state index is 12.3. The van der Waals surface area contributed by atoms with Crippen molar-refractivity contribution in [3.05, 3.63) is 24.3 Å². The summed E-state index contributed by atoms with van der Waals surface area (Å²) in [6.45, 7) is 4.57. The van der Waals surface area contributed by atoms with Crippen LogP contribution in [0.1, 0.15) is 19.8 Å². The van der Waals surface area contributed by atoms with Gasteiger partial charge in [0.2, 0.25) is 0 Å². The summed E-state index contributed by atoms with van der Waals surface area (Å²) in [5, 5.41) is 2.62. The third kappa shape index (κ3) is 3.68. The van der Waals surface area contributed by atoms with Crippen molar-refractivity contribution in [3.63, 3.8) is 0 Å². The third-order valence-electron chi connectivity index (χ3n) is 4.24. The molecule has 7 nitrogen and oxygen atoms in total. The van der Waals surface area contributed by atoms with Gasteiger partial charge in [0, 0.05) is 31.6 Å². The highest BCUT2D eigenvalue weighted by molar-refractivity contribution is 6.39. The molecule has 1 aromatic carbocycles. The molecular weight excluding hydrogens is 312 g/mol. The van der Waals surface area contributed by atoms with Crippen molar-refractivity contribution in [2.45, 2.75) is 25.6 Å². The molecule has 3 rings (SSSR count). The lowest BCUT2D eigenvalue weighted by molar-refractivity contribution is -0.187. The second kappa shape index (κ2) is 7.19. The minimum absolute atomic E-state index is 0.454. The predicted molar refractivity (Wildman–Crippen MR) is 86.7 cm³/mol. The number of benzene rings is 1. The summed E-state index contributed by atoms with van der Waals surface area (Å²) >= 11 is 0. The van der Waals surface area contributed by atoms with Crippen LogP contribution in [-0.4, -0.2) is 55.4 Å². The first-order valence-corrected chi connectivity index (χ1v) is 8.23. The number of piperidine rings is 1. The molecule has 0 atom stereocenters. The second-order valence-electron chi connectivity index (χ2n) is 5.81. The van der Waals surface area contributed by atoms with Gasteiger partial charge in [-0.25, -0.2) is 0 Å². The van der Waals surface area contributed by atoms with Crippen molar-refractivity contribution >= 4 is 17.5 Å². The summed E-state index contributed by atoms with van der Waals surface area (Å²) < 4.78 is 16.6. The van der Waals surface area contributed by atoms with Crippen molar-refractivity contribution in [1.82, 2.24) is 4.90 Å². The first-order chi connectivity index (χ1) is 11.6. The lowest BCUT2D eigenvalue weighted by Crippen LogP contribution is -2.50. The molecule has 0 bridgehead atoms. The number of carbonyl (C=O) groups is 2. The van der Waals surface area contributed by atoms with Gasteiger partial charge >= 0.3 is 11.8 Å². The number of amides is 2. The van der Waals surface area contributed by atoms with E-state index in [-0.39, 0.29) is 0 Å². The van der Waals surface area contributed by atoms with Gasteiger partial charge in [0.25, 0.3) is 0 Å². The minimum Gasteiger partial charge on any atom is -0.494 e. The van der Waals surface area contributed by atoms with E-state index >= 15 is 0 Å². The molecule has 24 heavy (non-hydrogen) atoms. The SMILES string of the molecule is CCOc1ccc(NC(=O)C(=O)N2CCC3(CC2)OCCO3)cc1. The van der Waals surface area contributed by atoms with Gasteiger partial charge in [0.15, 0.2) is 5.79 Å². The van der Waals surface area contributed by atoms with Crippen LogP contribution in [0.15, 0.2) is 24.3 Å². The lowest BCUT2D eigenvalue weighted by Gasteiger charge is -2.37.